The van der Waals surface area contributed by atoms with Gasteiger partial charge in [-0.1, -0.05) is 44.5 Å². The lowest BCUT2D eigenvalue weighted by Gasteiger charge is -2.63. The number of benzene rings is 2. The van der Waals surface area contributed by atoms with E-state index in [-0.39, 0.29) is 11.8 Å². The van der Waals surface area contributed by atoms with Gasteiger partial charge in [-0.3, -0.25) is 9.80 Å². The summed E-state index contributed by atoms with van der Waals surface area (Å²) in [6, 6.07) is 25.0. The molecular formula is C47H60N4O2S. The Morgan fingerprint density at radius 3 is 2.00 bits per heavy atom. The molecule has 5 saturated carbocycles. The molecule has 6 nitrogen and oxygen atoms in total. The van der Waals surface area contributed by atoms with E-state index >= 15 is 0 Å². The molecule has 17 atom stereocenters. The van der Waals surface area contributed by atoms with Crippen LogP contribution in [0.15, 0.2) is 48.5 Å². The van der Waals surface area contributed by atoms with Crippen LogP contribution in [0.4, 0.5) is 0 Å². The van der Waals surface area contributed by atoms with Crippen LogP contribution in [0, 0.1) is 46.3 Å². The second-order valence-corrected chi connectivity index (χ2v) is 20.6. The van der Waals surface area contributed by atoms with Crippen LogP contribution in [-0.2, 0) is 9.47 Å². The van der Waals surface area contributed by atoms with Gasteiger partial charge in [-0.15, -0.1) is 0 Å². The first-order valence-electron chi connectivity index (χ1n) is 21.8. The Balaban J connectivity index is 1.17. The van der Waals surface area contributed by atoms with Gasteiger partial charge in [0.05, 0.1) is 41.6 Å². The van der Waals surface area contributed by atoms with Crippen molar-refractivity contribution in [3.05, 3.63) is 70.8 Å². The number of fused-ring (bicyclic) bond motifs is 9. The number of rotatable bonds is 3. The number of thioether (sulfide) groups is 1. The van der Waals surface area contributed by atoms with Crippen molar-refractivity contribution in [2.45, 2.75) is 174 Å². The SMILES string of the molecule is COC1CCC2SC3CCC4CC3N(C2C1)C1CC(c2cccc(C#N)c2)C(c2cccc(C#N)c2)CC1N1C2CC(C)CCC2C2CCC(C)C(O4)C21. The fourth-order valence-electron chi connectivity index (χ4n) is 14.2. The third-order valence-corrected chi connectivity index (χ3v) is 18.3. The van der Waals surface area contributed by atoms with Gasteiger partial charge in [0.1, 0.15) is 0 Å². The molecule has 3 heterocycles. The molecule has 0 aromatic heterocycles. The van der Waals surface area contributed by atoms with Gasteiger partial charge in [-0.2, -0.15) is 22.3 Å². The predicted molar refractivity (Wildman–Crippen MR) is 214 cm³/mol. The van der Waals surface area contributed by atoms with Gasteiger partial charge in [-0.05, 0) is 148 Å². The lowest BCUT2D eigenvalue weighted by molar-refractivity contribution is -0.158. The van der Waals surface area contributed by atoms with Crippen LogP contribution >= 0.6 is 11.8 Å². The number of hydrogen-bond donors (Lipinski definition) is 0. The summed E-state index contributed by atoms with van der Waals surface area (Å²) in [6.07, 6.45) is 17.0. The maximum atomic E-state index is 10.1. The van der Waals surface area contributed by atoms with Crippen LogP contribution in [-0.4, -0.2) is 82.0 Å². The largest absolute Gasteiger partial charge is 0.381 e. The molecule has 3 aliphatic heterocycles. The number of hydrogen-bond acceptors (Lipinski definition) is 7. The normalized spacial score (nSPS) is 45.8. The molecule has 17 unspecified atom stereocenters. The summed E-state index contributed by atoms with van der Waals surface area (Å²) in [5.74, 6) is 3.35. The summed E-state index contributed by atoms with van der Waals surface area (Å²) in [4.78, 5) is 6.39. The minimum atomic E-state index is 0.262. The molecule has 5 aliphatic carbocycles. The number of ether oxygens (including phenoxy) is 2. The summed E-state index contributed by atoms with van der Waals surface area (Å²) >= 11 is 2.35. The van der Waals surface area contributed by atoms with Crippen molar-refractivity contribution in [2.24, 2.45) is 23.7 Å². The van der Waals surface area contributed by atoms with E-state index in [4.69, 9.17) is 9.47 Å². The highest BCUT2D eigenvalue weighted by Crippen LogP contribution is 2.59. The molecule has 2 aromatic carbocycles. The molecule has 0 N–H and O–H groups in total. The zero-order chi connectivity index (χ0) is 36.7. The van der Waals surface area contributed by atoms with Crippen molar-refractivity contribution in [1.29, 1.82) is 10.5 Å². The molecule has 0 spiro atoms. The Morgan fingerprint density at radius 2 is 1.31 bits per heavy atom. The standard InChI is InChI=1S/C47H60N4O2S/c1-27-10-14-35-36-15-11-28(2)47-46(36)51(39(35)18-27)41-24-38(32-9-5-7-30(20-32)26-49)37(31-8-4-6-29(19-31)25-48)23-40(41)50-42-21-33(52-3)12-16-44(42)54-45-17-13-34(53-47)22-43(45)50/h4-9,19-20,27-28,33-47H,10-18,21-24H2,1-3H3. The smallest absolute Gasteiger partial charge is 0.0991 e. The average molecular weight is 745 g/mol. The van der Waals surface area contributed by atoms with Crippen molar-refractivity contribution >= 4 is 11.8 Å². The number of nitriles is 2. The lowest BCUT2D eigenvalue weighted by Crippen LogP contribution is -2.71. The second kappa shape index (κ2) is 14.5. The zero-order valence-corrected chi connectivity index (χ0v) is 33.5. The topological polar surface area (TPSA) is 72.5 Å². The molecule has 2 aromatic rings. The number of nitrogens with zero attached hydrogens (tertiary/aromatic N) is 4. The molecule has 2 bridgehead atoms. The molecule has 8 aliphatic rings. The molecule has 7 heteroatoms. The third kappa shape index (κ3) is 6.01. The monoisotopic (exact) mass is 744 g/mol. The van der Waals surface area contributed by atoms with Crippen LogP contribution in [0.25, 0.3) is 0 Å². The Hall–Kier alpha value is -2.39. The molecule has 54 heavy (non-hydrogen) atoms. The maximum absolute atomic E-state index is 10.1. The van der Waals surface area contributed by atoms with E-state index in [0.29, 0.717) is 71.0 Å². The first kappa shape index (κ1) is 36.0. The first-order valence-corrected chi connectivity index (χ1v) is 22.7. The minimum Gasteiger partial charge on any atom is -0.381 e. The van der Waals surface area contributed by atoms with Gasteiger partial charge in [-0.25, -0.2) is 0 Å². The second-order valence-electron chi connectivity index (χ2n) is 19.1. The fourth-order valence-corrected chi connectivity index (χ4v) is 16.1. The van der Waals surface area contributed by atoms with E-state index in [1.165, 1.54) is 68.9 Å². The molecule has 8 fully saturated rings. The molecule has 286 valence electrons. The fraction of sp³-hybridized carbons (Fsp3) is 0.702. The molecule has 0 radical (unpaired) electrons. The highest BCUT2D eigenvalue weighted by Gasteiger charge is 2.62. The van der Waals surface area contributed by atoms with Crippen LogP contribution in [0.5, 0.6) is 0 Å². The third-order valence-electron chi connectivity index (χ3n) is 16.5. The van der Waals surface area contributed by atoms with Crippen molar-refractivity contribution in [3.8, 4) is 12.1 Å². The van der Waals surface area contributed by atoms with E-state index in [1.54, 1.807) is 0 Å². The Kier molecular flexibility index (Phi) is 9.68. The van der Waals surface area contributed by atoms with Crippen LogP contribution in [0.3, 0.4) is 0 Å². The summed E-state index contributed by atoms with van der Waals surface area (Å²) in [5, 5.41) is 21.6. The van der Waals surface area contributed by atoms with E-state index in [1.807, 2.05) is 19.2 Å². The Bertz CT molecular complexity index is 1790. The molecule has 0 amide bonds. The van der Waals surface area contributed by atoms with Gasteiger partial charge < -0.3 is 9.47 Å². The van der Waals surface area contributed by atoms with E-state index in [9.17, 15) is 10.5 Å². The van der Waals surface area contributed by atoms with Gasteiger partial charge in [0.15, 0.2) is 0 Å². The van der Waals surface area contributed by atoms with Crippen molar-refractivity contribution in [1.82, 2.24) is 9.80 Å². The summed E-state index contributed by atoms with van der Waals surface area (Å²) in [6.45, 7) is 5.05. The zero-order valence-electron chi connectivity index (χ0n) is 32.6. The minimum absolute atomic E-state index is 0.262. The maximum Gasteiger partial charge on any atom is 0.0991 e. The van der Waals surface area contributed by atoms with Crippen LogP contribution in [0.1, 0.15) is 131 Å². The van der Waals surface area contributed by atoms with Gasteiger partial charge in [0, 0.05) is 53.9 Å². The molecule has 10 rings (SSSR count). The average Bonchev–Trinajstić information content (AvgIpc) is 3.53. The van der Waals surface area contributed by atoms with Crippen LogP contribution in [0.2, 0.25) is 0 Å². The van der Waals surface area contributed by atoms with Crippen molar-refractivity contribution in [2.75, 3.05) is 7.11 Å². The van der Waals surface area contributed by atoms with Crippen LogP contribution < -0.4 is 0 Å². The van der Waals surface area contributed by atoms with Crippen molar-refractivity contribution in [3.63, 3.8) is 0 Å². The summed E-state index contributed by atoms with van der Waals surface area (Å²) in [7, 11) is 1.94. The van der Waals surface area contributed by atoms with Gasteiger partial charge in [0.2, 0.25) is 0 Å². The highest BCUT2D eigenvalue weighted by atomic mass is 32.2. The quantitative estimate of drug-likeness (QED) is 0.311. The lowest BCUT2D eigenvalue weighted by atomic mass is 9.66. The predicted octanol–water partition coefficient (Wildman–Crippen LogP) is 9.04. The van der Waals surface area contributed by atoms with E-state index < -0.39 is 0 Å². The Morgan fingerprint density at radius 1 is 0.667 bits per heavy atom. The molecule has 3 saturated heterocycles. The van der Waals surface area contributed by atoms with Gasteiger partial charge in [0.25, 0.3) is 0 Å². The number of methoxy groups -OCH3 is 1. The van der Waals surface area contributed by atoms with E-state index in [0.717, 1.165) is 54.6 Å². The highest BCUT2D eigenvalue weighted by molar-refractivity contribution is 8.00. The summed E-state index contributed by atoms with van der Waals surface area (Å²) < 4.78 is 13.9. The van der Waals surface area contributed by atoms with Gasteiger partial charge >= 0.3 is 0 Å². The summed E-state index contributed by atoms with van der Waals surface area (Å²) in [5.41, 5.74) is 4.10. The van der Waals surface area contributed by atoms with E-state index in [2.05, 4.69) is 83.9 Å². The first-order chi connectivity index (χ1) is 26.4. The van der Waals surface area contributed by atoms with Crippen molar-refractivity contribution < 1.29 is 9.47 Å². The Labute approximate surface area is 328 Å². The molecular weight excluding hydrogens is 685 g/mol.